The van der Waals surface area contributed by atoms with Gasteiger partial charge in [-0.2, -0.15) is 0 Å². The molecule has 0 aliphatic heterocycles. The van der Waals surface area contributed by atoms with Crippen molar-refractivity contribution in [1.29, 1.82) is 0 Å². The molecule has 6 nitrogen and oxygen atoms in total. The molecule has 4 saturated carbocycles. The highest BCUT2D eigenvalue weighted by atomic mass is 16.4. The van der Waals surface area contributed by atoms with Crippen LogP contribution in [0.15, 0.2) is 27.6 Å². The predicted molar refractivity (Wildman–Crippen MR) is 105 cm³/mol. The fourth-order valence-electron chi connectivity index (χ4n) is 7.90. The first kappa shape index (κ1) is 19.7. The molecule has 4 N–H and O–H groups in total. The summed E-state index contributed by atoms with van der Waals surface area (Å²) in [6.45, 7) is 2.14. The molecule has 4 fully saturated rings. The van der Waals surface area contributed by atoms with Gasteiger partial charge in [-0.05, 0) is 80.8 Å². The minimum atomic E-state index is -1.27. The molecule has 29 heavy (non-hydrogen) atoms. The lowest BCUT2D eigenvalue weighted by Crippen LogP contribution is -2.71. The molecule has 1 aromatic heterocycles. The molecular weight excluding hydrogens is 372 g/mol. The Morgan fingerprint density at radius 1 is 0.931 bits per heavy atom. The molecule has 5 rings (SSSR count). The Morgan fingerprint density at radius 3 is 2.34 bits per heavy atom. The van der Waals surface area contributed by atoms with E-state index in [1.165, 1.54) is 12.3 Å². The van der Waals surface area contributed by atoms with Crippen LogP contribution >= 0.6 is 0 Å². The summed E-state index contributed by atoms with van der Waals surface area (Å²) in [6, 6.07) is 3.26. The minimum absolute atomic E-state index is 0.0810. The highest BCUT2D eigenvalue weighted by Crippen LogP contribution is 2.69. The van der Waals surface area contributed by atoms with Gasteiger partial charge in [0.2, 0.25) is 0 Å². The van der Waals surface area contributed by atoms with Crippen molar-refractivity contribution in [2.24, 2.45) is 17.3 Å². The van der Waals surface area contributed by atoms with E-state index in [9.17, 15) is 25.2 Å². The summed E-state index contributed by atoms with van der Waals surface area (Å²) >= 11 is 0. The Morgan fingerprint density at radius 2 is 1.62 bits per heavy atom. The van der Waals surface area contributed by atoms with Gasteiger partial charge in [0.25, 0.3) is 0 Å². The molecule has 1 aromatic rings. The van der Waals surface area contributed by atoms with E-state index in [1.54, 1.807) is 0 Å². The van der Waals surface area contributed by atoms with Crippen molar-refractivity contribution in [2.45, 2.75) is 93.5 Å². The van der Waals surface area contributed by atoms with Gasteiger partial charge < -0.3 is 24.8 Å². The highest BCUT2D eigenvalue weighted by Gasteiger charge is 2.70. The fraction of sp³-hybridized carbons (Fsp3) is 0.783. The van der Waals surface area contributed by atoms with Crippen LogP contribution in [0.5, 0.6) is 0 Å². The van der Waals surface area contributed by atoms with Gasteiger partial charge in [-0.25, -0.2) is 4.79 Å². The number of fused-ring (bicyclic) bond motifs is 5. The molecule has 1 heterocycles. The maximum atomic E-state index is 12.1. The first-order valence-corrected chi connectivity index (χ1v) is 11.1. The van der Waals surface area contributed by atoms with Crippen molar-refractivity contribution in [3.8, 4) is 0 Å². The van der Waals surface area contributed by atoms with Crippen molar-refractivity contribution in [2.75, 3.05) is 0 Å². The number of rotatable bonds is 1. The van der Waals surface area contributed by atoms with E-state index in [0.717, 1.165) is 24.8 Å². The third-order valence-electron chi connectivity index (χ3n) is 9.49. The molecule has 4 aliphatic rings. The zero-order valence-electron chi connectivity index (χ0n) is 17.0. The van der Waals surface area contributed by atoms with Crippen LogP contribution in [0.3, 0.4) is 0 Å². The SMILES string of the molecule is C[C@]12CC[C@H]3[C@@H](CC[C@]4(O)C[C@@H](O)CC[C@]34O)[C@@]1(O)CC[C@@H]2c1ccc(=O)oc1. The Hall–Kier alpha value is -1.21. The van der Waals surface area contributed by atoms with Crippen LogP contribution in [0, 0.1) is 17.3 Å². The van der Waals surface area contributed by atoms with Crippen molar-refractivity contribution < 1.29 is 24.8 Å². The van der Waals surface area contributed by atoms with E-state index >= 15 is 0 Å². The topological polar surface area (TPSA) is 111 Å². The van der Waals surface area contributed by atoms with Gasteiger partial charge in [0, 0.05) is 17.9 Å². The van der Waals surface area contributed by atoms with E-state index < -0.39 is 22.9 Å². The number of hydrogen-bond acceptors (Lipinski definition) is 6. The molecule has 0 radical (unpaired) electrons. The zero-order chi connectivity index (χ0) is 20.7. The Balaban J connectivity index is 1.50. The van der Waals surface area contributed by atoms with Crippen molar-refractivity contribution in [3.63, 3.8) is 0 Å². The summed E-state index contributed by atoms with van der Waals surface area (Å²) < 4.78 is 5.11. The van der Waals surface area contributed by atoms with Crippen LogP contribution in [0.2, 0.25) is 0 Å². The normalized spacial score (nSPS) is 51.8. The first-order valence-electron chi connectivity index (χ1n) is 11.1. The fourth-order valence-corrected chi connectivity index (χ4v) is 7.90. The van der Waals surface area contributed by atoms with Crippen LogP contribution in [-0.4, -0.2) is 43.3 Å². The van der Waals surface area contributed by atoms with Gasteiger partial charge >= 0.3 is 5.63 Å². The van der Waals surface area contributed by atoms with Gasteiger partial charge in [-0.1, -0.05) is 6.92 Å². The van der Waals surface area contributed by atoms with E-state index in [-0.39, 0.29) is 35.2 Å². The van der Waals surface area contributed by atoms with Crippen LogP contribution in [0.4, 0.5) is 0 Å². The molecule has 160 valence electrons. The van der Waals surface area contributed by atoms with Gasteiger partial charge in [0.05, 0.1) is 29.2 Å². The molecule has 0 bridgehead atoms. The van der Waals surface area contributed by atoms with Crippen LogP contribution in [-0.2, 0) is 0 Å². The molecule has 8 atom stereocenters. The monoisotopic (exact) mass is 404 g/mol. The predicted octanol–water partition coefficient (Wildman–Crippen LogP) is 2.08. The summed E-state index contributed by atoms with van der Waals surface area (Å²) in [4.78, 5) is 11.4. The average Bonchev–Trinajstić information content (AvgIpc) is 2.95. The van der Waals surface area contributed by atoms with E-state index in [0.29, 0.717) is 32.1 Å². The summed E-state index contributed by atoms with van der Waals surface area (Å²) in [5.74, 6) is -0.150. The molecule has 0 aromatic carbocycles. The zero-order valence-corrected chi connectivity index (χ0v) is 17.0. The van der Waals surface area contributed by atoms with Gasteiger partial charge in [0.15, 0.2) is 0 Å². The average molecular weight is 405 g/mol. The Kier molecular flexibility index (Phi) is 4.19. The molecule has 6 heteroatoms. The lowest BCUT2D eigenvalue weighted by atomic mass is 9.45. The van der Waals surface area contributed by atoms with Gasteiger partial charge in [-0.3, -0.25) is 0 Å². The molecular formula is C23H32O6. The highest BCUT2D eigenvalue weighted by molar-refractivity contribution is 5.28. The number of aliphatic hydroxyl groups is 4. The number of hydrogen-bond donors (Lipinski definition) is 4. The van der Waals surface area contributed by atoms with E-state index in [1.807, 2.05) is 6.07 Å². The van der Waals surface area contributed by atoms with Gasteiger partial charge in [-0.15, -0.1) is 0 Å². The third kappa shape index (κ3) is 2.46. The second kappa shape index (κ2) is 6.16. The van der Waals surface area contributed by atoms with Gasteiger partial charge in [0.1, 0.15) is 0 Å². The second-order valence-corrected chi connectivity index (χ2v) is 10.5. The van der Waals surface area contributed by atoms with Crippen molar-refractivity contribution in [3.05, 3.63) is 34.4 Å². The lowest BCUT2D eigenvalue weighted by molar-refractivity contribution is -0.287. The summed E-state index contributed by atoms with van der Waals surface area (Å²) in [5, 5.41) is 45.1. The summed E-state index contributed by atoms with van der Waals surface area (Å²) in [5.41, 5.74) is -3.23. The molecule has 0 unspecified atom stereocenters. The van der Waals surface area contributed by atoms with E-state index in [2.05, 4.69) is 6.92 Å². The third-order valence-corrected chi connectivity index (χ3v) is 9.49. The first-order chi connectivity index (χ1) is 13.6. The number of aliphatic hydroxyl groups excluding tert-OH is 1. The molecule has 0 saturated heterocycles. The Bertz CT molecular complexity index is 847. The summed E-state index contributed by atoms with van der Waals surface area (Å²) in [6.07, 6.45) is 6.05. The summed E-state index contributed by atoms with van der Waals surface area (Å²) in [7, 11) is 0. The van der Waals surface area contributed by atoms with E-state index in [4.69, 9.17) is 4.42 Å². The standard InChI is InChI=1S/C23H32O6/c1-20-8-5-18-17(6-9-21(26)12-15(24)4-10-23(18,21)28)22(20,27)11-7-16(20)14-2-3-19(25)29-13-14/h2-3,13,15-18,24,26-28H,4-12H2,1H3/t15-,16+,17+,18-,20+,21-,22-,23-/m0/s1. The molecule has 0 amide bonds. The maximum Gasteiger partial charge on any atom is 0.335 e. The van der Waals surface area contributed by atoms with Crippen LogP contribution < -0.4 is 5.63 Å². The van der Waals surface area contributed by atoms with Crippen LogP contribution in [0.1, 0.15) is 76.2 Å². The Labute approximate surface area is 170 Å². The quantitative estimate of drug-likeness (QED) is 0.570. The molecule has 0 spiro atoms. The second-order valence-electron chi connectivity index (χ2n) is 10.5. The largest absolute Gasteiger partial charge is 0.431 e. The van der Waals surface area contributed by atoms with Crippen molar-refractivity contribution >= 4 is 0 Å². The lowest BCUT2D eigenvalue weighted by Gasteiger charge is -2.64. The molecule has 4 aliphatic carbocycles. The maximum absolute atomic E-state index is 12.1. The van der Waals surface area contributed by atoms with Crippen LogP contribution in [0.25, 0.3) is 0 Å². The minimum Gasteiger partial charge on any atom is -0.431 e. The smallest absolute Gasteiger partial charge is 0.335 e. The van der Waals surface area contributed by atoms with Crippen molar-refractivity contribution in [1.82, 2.24) is 0 Å².